The van der Waals surface area contributed by atoms with Crippen molar-refractivity contribution in [1.29, 1.82) is 0 Å². The number of hydrogen-bond donors (Lipinski definition) is 1. The number of rotatable bonds is 6. The molecule has 0 aliphatic heterocycles. The molecule has 1 aromatic heterocycles. The molecule has 0 amide bonds. The maximum atomic E-state index is 11.5. The molecular weight excluding hydrogens is 194 g/mol. The van der Waals surface area contributed by atoms with Crippen LogP contribution in [-0.4, -0.2) is 32.5 Å². The van der Waals surface area contributed by atoms with Gasteiger partial charge < -0.3 is 5.73 Å². The van der Waals surface area contributed by atoms with Crippen LogP contribution in [0.3, 0.4) is 0 Å². The second kappa shape index (κ2) is 5.55. The van der Waals surface area contributed by atoms with Gasteiger partial charge in [0.15, 0.2) is 5.82 Å². The van der Waals surface area contributed by atoms with Crippen LogP contribution in [0.2, 0.25) is 0 Å². The van der Waals surface area contributed by atoms with Gasteiger partial charge in [0.2, 0.25) is 0 Å². The largest absolute Gasteiger partial charge is 0.330 e. The SMILES string of the molecule is CC(CN)CCC(=O)Cc1nnn(C)n1. The Bertz CT molecular complexity index is 322. The van der Waals surface area contributed by atoms with E-state index in [2.05, 4.69) is 15.4 Å². The van der Waals surface area contributed by atoms with E-state index in [9.17, 15) is 4.79 Å². The van der Waals surface area contributed by atoms with E-state index >= 15 is 0 Å². The molecule has 0 aromatic carbocycles. The van der Waals surface area contributed by atoms with Crippen molar-refractivity contribution in [2.24, 2.45) is 18.7 Å². The predicted molar refractivity (Wildman–Crippen MR) is 55.0 cm³/mol. The Hall–Kier alpha value is -1.30. The highest BCUT2D eigenvalue weighted by molar-refractivity contribution is 5.79. The van der Waals surface area contributed by atoms with Crippen molar-refractivity contribution >= 4 is 5.78 Å². The third kappa shape index (κ3) is 4.16. The summed E-state index contributed by atoms with van der Waals surface area (Å²) >= 11 is 0. The quantitative estimate of drug-likeness (QED) is 0.698. The summed E-state index contributed by atoms with van der Waals surface area (Å²) in [7, 11) is 1.68. The number of ketones is 1. The van der Waals surface area contributed by atoms with Gasteiger partial charge in [-0.25, -0.2) is 0 Å². The summed E-state index contributed by atoms with van der Waals surface area (Å²) in [6.45, 7) is 2.66. The van der Waals surface area contributed by atoms with Gasteiger partial charge in [-0.15, -0.1) is 10.2 Å². The number of nitrogens with two attached hydrogens (primary N) is 1. The second-order valence-electron chi connectivity index (χ2n) is 3.79. The molecule has 15 heavy (non-hydrogen) atoms. The van der Waals surface area contributed by atoms with Crippen LogP contribution in [0.5, 0.6) is 0 Å². The molecule has 1 rings (SSSR count). The smallest absolute Gasteiger partial charge is 0.182 e. The van der Waals surface area contributed by atoms with E-state index < -0.39 is 0 Å². The summed E-state index contributed by atoms with van der Waals surface area (Å²) in [5.41, 5.74) is 5.46. The van der Waals surface area contributed by atoms with Gasteiger partial charge in [0.1, 0.15) is 5.78 Å². The zero-order chi connectivity index (χ0) is 11.3. The number of aryl methyl sites for hydroxylation is 1. The molecule has 6 nitrogen and oxygen atoms in total. The van der Waals surface area contributed by atoms with Crippen LogP contribution in [0.15, 0.2) is 0 Å². The normalized spacial score (nSPS) is 12.7. The van der Waals surface area contributed by atoms with Crippen LogP contribution in [0.1, 0.15) is 25.6 Å². The van der Waals surface area contributed by atoms with Gasteiger partial charge in [-0.1, -0.05) is 6.92 Å². The lowest BCUT2D eigenvalue weighted by Crippen LogP contribution is -2.13. The number of tetrazole rings is 1. The van der Waals surface area contributed by atoms with Crippen molar-refractivity contribution in [2.75, 3.05) is 6.54 Å². The minimum absolute atomic E-state index is 0.142. The van der Waals surface area contributed by atoms with E-state index in [1.807, 2.05) is 6.92 Å². The number of hydrogen-bond acceptors (Lipinski definition) is 5. The first-order valence-electron chi connectivity index (χ1n) is 5.06. The van der Waals surface area contributed by atoms with Gasteiger partial charge in [-0.3, -0.25) is 4.79 Å². The molecule has 6 heteroatoms. The first-order chi connectivity index (χ1) is 7.11. The molecule has 1 unspecified atom stereocenters. The first kappa shape index (κ1) is 11.8. The van der Waals surface area contributed by atoms with Crippen LogP contribution in [0.4, 0.5) is 0 Å². The highest BCUT2D eigenvalue weighted by Crippen LogP contribution is 2.05. The molecule has 0 saturated heterocycles. The molecule has 2 N–H and O–H groups in total. The third-order valence-corrected chi connectivity index (χ3v) is 2.22. The Labute approximate surface area is 88.8 Å². The number of aromatic nitrogens is 4. The molecule has 1 atom stereocenters. The maximum Gasteiger partial charge on any atom is 0.182 e. The molecule has 84 valence electrons. The molecule has 0 aliphatic carbocycles. The zero-order valence-electron chi connectivity index (χ0n) is 9.18. The summed E-state index contributed by atoms with van der Waals surface area (Å²) in [5, 5.41) is 11.4. The minimum atomic E-state index is 0.142. The Kier molecular flexibility index (Phi) is 4.36. The molecule has 0 bridgehead atoms. The fourth-order valence-corrected chi connectivity index (χ4v) is 1.18. The Morgan fingerprint density at radius 1 is 1.60 bits per heavy atom. The maximum absolute atomic E-state index is 11.5. The van der Waals surface area contributed by atoms with Crippen LogP contribution < -0.4 is 5.73 Å². The van der Waals surface area contributed by atoms with Gasteiger partial charge in [-0.2, -0.15) is 4.80 Å². The van der Waals surface area contributed by atoms with E-state index in [-0.39, 0.29) is 12.2 Å². The van der Waals surface area contributed by atoms with E-state index in [0.717, 1.165) is 6.42 Å². The number of Topliss-reactive ketones (excluding diaryl/α,β-unsaturated/α-hetero) is 1. The minimum Gasteiger partial charge on any atom is -0.330 e. The average Bonchev–Trinajstić information content (AvgIpc) is 2.60. The van der Waals surface area contributed by atoms with Crippen molar-refractivity contribution in [2.45, 2.75) is 26.2 Å². The Morgan fingerprint density at radius 2 is 2.33 bits per heavy atom. The van der Waals surface area contributed by atoms with Gasteiger partial charge >= 0.3 is 0 Å². The number of carbonyl (C=O) groups is 1. The first-order valence-corrected chi connectivity index (χ1v) is 5.06. The number of carbonyl (C=O) groups excluding carboxylic acids is 1. The highest BCUT2D eigenvalue weighted by Gasteiger charge is 2.09. The molecule has 0 aliphatic rings. The zero-order valence-corrected chi connectivity index (χ0v) is 9.18. The standard InChI is InChI=1S/C9H17N5O/c1-7(6-10)3-4-8(15)5-9-11-13-14(2)12-9/h7H,3-6,10H2,1-2H3. The summed E-state index contributed by atoms with van der Waals surface area (Å²) in [5.74, 6) is 1.02. The van der Waals surface area contributed by atoms with Crippen LogP contribution in [-0.2, 0) is 18.3 Å². The average molecular weight is 211 g/mol. The molecule has 1 heterocycles. The van der Waals surface area contributed by atoms with Crippen molar-refractivity contribution in [3.8, 4) is 0 Å². The van der Waals surface area contributed by atoms with Crippen molar-refractivity contribution in [1.82, 2.24) is 20.2 Å². The van der Waals surface area contributed by atoms with E-state index in [1.165, 1.54) is 4.80 Å². The molecule has 1 aromatic rings. The predicted octanol–water partition coefficient (Wildman–Crippen LogP) is -0.303. The molecular formula is C9H17N5O. The lowest BCUT2D eigenvalue weighted by atomic mass is 10.0. The van der Waals surface area contributed by atoms with Gasteiger partial charge in [0, 0.05) is 6.42 Å². The van der Waals surface area contributed by atoms with Crippen molar-refractivity contribution in [3.63, 3.8) is 0 Å². The highest BCUT2D eigenvalue weighted by atomic mass is 16.1. The number of nitrogens with zero attached hydrogens (tertiary/aromatic N) is 4. The van der Waals surface area contributed by atoms with E-state index in [1.54, 1.807) is 7.05 Å². The van der Waals surface area contributed by atoms with Crippen molar-refractivity contribution in [3.05, 3.63) is 5.82 Å². The Balaban J connectivity index is 2.30. The molecule has 0 fully saturated rings. The lowest BCUT2D eigenvalue weighted by Gasteiger charge is -2.05. The van der Waals surface area contributed by atoms with Crippen LogP contribution in [0.25, 0.3) is 0 Å². The third-order valence-electron chi connectivity index (χ3n) is 2.22. The lowest BCUT2D eigenvalue weighted by molar-refractivity contribution is -0.118. The summed E-state index contributed by atoms with van der Waals surface area (Å²) in [4.78, 5) is 12.8. The van der Waals surface area contributed by atoms with E-state index in [4.69, 9.17) is 5.73 Å². The molecule has 0 radical (unpaired) electrons. The second-order valence-corrected chi connectivity index (χ2v) is 3.79. The van der Waals surface area contributed by atoms with Crippen LogP contribution >= 0.6 is 0 Å². The van der Waals surface area contributed by atoms with Gasteiger partial charge in [0.25, 0.3) is 0 Å². The fourth-order valence-electron chi connectivity index (χ4n) is 1.18. The summed E-state index contributed by atoms with van der Waals surface area (Å²) < 4.78 is 0. The Morgan fingerprint density at radius 3 is 2.87 bits per heavy atom. The van der Waals surface area contributed by atoms with Gasteiger partial charge in [0.05, 0.1) is 13.5 Å². The van der Waals surface area contributed by atoms with Crippen molar-refractivity contribution < 1.29 is 4.79 Å². The molecule has 0 spiro atoms. The van der Waals surface area contributed by atoms with Gasteiger partial charge in [-0.05, 0) is 24.1 Å². The summed E-state index contributed by atoms with van der Waals surface area (Å²) in [6.07, 6.45) is 1.64. The van der Waals surface area contributed by atoms with E-state index in [0.29, 0.717) is 24.7 Å². The summed E-state index contributed by atoms with van der Waals surface area (Å²) in [6, 6.07) is 0. The molecule has 0 saturated carbocycles. The van der Waals surface area contributed by atoms with Crippen LogP contribution in [0, 0.1) is 5.92 Å². The topological polar surface area (TPSA) is 86.7 Å². The monoisotopic (exact) mass is 211 g/mol. The fraction of sp³-hybridized carbons (Fsp3) is 0.778.